The van der Waals surface area contributed by atoms with Crippen LogP contribution in [0.1, 0.15) is 24.6 Å². The average Bonchev–Trinajstić information content (AvgIpc) is 3.11. The van der Waals surface area contributed by atoms with Crippen molar-refractivity contribution in [2.45, 2.75) is 18.8 Å². The first-order valence-corrected chi connectivity index (χ1v) is 5.69. The van der Waals surface area contributed by atoms with Gasteiger partial charge in [-0.1, -0.05) is 12.1 Å². The van der Waals surface area contributed by atoms with E-state index in [1.807, 2.05) is 26.2 Å². The quantitative estimate of drug-likeness (QED) is 0.767. The minimum Gasteiger partial charge on any atom is -0.362 e. The third-order valence-corrected chi connectivity index (χ3v) is 2.97. The van der Waals surface area contributed by atoms with Gasteiger partial charge in [-0.25, -0.2) is 9.97 Å². The predicted octanol–water partition coefficient (Wildman–Crippen LogP) is 2.57. The number of rotatable bonds is 2. The van der Waals surface area contributed by atoms with E-state index in [0.29, 0.717) is 5.92 Å². The lowest BCUT2D eigenvalue weighted by Crippen LogP contribution is -2.13. The fraction of sp³-hybridized carbons (Fsp3) is 0.385. The first-order chi connectivity index (χ1) is 7.75. The molecule has 0 N–H and O–H groups in total. The molecule has 16 heavy (non-hydrogen) atoms. The molecule has 82 valence electrons. The van der Waals surface area contributed by atoms with E-state index in [1.165, 1.54) is 12.8 Å². The lowest BCUT2D eigenvalue weighted by Gasteiger charge is -2.15. The van der Waals surface area contributed by atoms with Gasteiger partial charge in [0.2, 0.25) is 0 Å². The molecule has 1 aliphatic rings. The second-order valence-corrected chi connectivity index (χ2v) is 4.59. The smallest absolute Gasteiger partial charge is 0.139 e. The van der Waals surface area contributed by atoms with E-state index >= 15 is 0 Å². The standard InChI is InChI=1S/C13H15N3/c1-16(2)13-10-5-3-4-6-11(10)14-12(15-13)9-7-8-9/h3-6,9H,7-8H2,1-2H3. The predicted molar refractivity (Wildman–Crippen MR) is 65.8 cm³/mol. The monoisotopic (exact) mass is 213 g/mol. The van der Waals surface area contributed by atoms with Crippen molar-refractivity contribution >= 4 is 16.7 Å². The number of hydrogen-bond donors (Lipinski definition) is 0. The van der Waals surface area contributed by atoms with Gasteiger partial charge < -0.3 is 4.90 Å². The summed E-state index contributed by atoms with van der Waals surface area (Å²) in [6.45, 7) is 0. The molecule has 0 unspecified atom stereocenters. The van der Waals surface area contributed by atoms with Crippen LogP contribution in [0.15, 0.2) is 24.3 Å². The van der Waals surface area contributed by atoms with Crippen LogP contribution in [0.3, 0.4) is 0 Å². The van der Waals surface area contributed by atoms with Gasteiger partial charge in [-0.2, -0.15) is 0 Å². The summed E-state index contributed by atoms with van der Waals surface area (Å²) in [5, 5.41) is 1.14. The van der Waals surface area contributed by atoms with Crippen LogP contribution in [0.4, 0.5) is 5.82 Å². The van der Waals surface area contributed by atoms with Crippen LogP contribution in [-0.2, 0) is 0 Å². The van der Waals surface area contributed by atoms with Crippen LogP contribution in [-0.4, -0.2) is 24.1 Å². The van der Waals surface area contributed by atoms with Crippen molar-refractivity contribution in [3.05, 3.63) is 30.1 Å². The Morgan fingerprint density at radius 1 is 1.12 bits per heavy atom. The maximum absolute atomic E-state index is 4.68. The minimum absolute atomic E-state index is 0.600. The summed E-state index contributed by atoms with van der Waals surface area (Å²) in [6, 6.07) is 8.22. The molecule has 1 saturated carbocycles. The number of nitrogens with zero attached hydrogens (tertiary/aromatic N) is 3. The molecule has 3 heteroatoms. The van der Waals surface area contributed by atoms with E-state index in [2.05, 4.69) is 27.0 Å². The van der Waals surface area contributed by atoms with Crippen LogP contribution >= 0.6 is 0 Å². The van der Waals surface area contributed by atoms with Gasteiger partial charge in [-0.15, -0.1) is 0 Å². The third-order valence-electron chi connectivity index (χ3n) is 2.97. The molecular formula is C13H15N3. The van der Waals surface area contributed by atoms with Gasteiger partial charge in [0.1, 0.15) is 11.6 Å². The molecule has 3 rings (SSSR count). The molecule has 1 heterocycles. The van der Waals surface area contributed by atoms with Crippen LogP contribution in [0.25, 0.3) is 10.9 Å². The van der Waals surface area contributed by atoms with Crippen molar-refractivity contribution in [1.82, 2.24) is 9.97 Å². The van der Waals surface area contributed by atoms with Gasteiger partial charge in [0.05, 0.1) is 5.52 Å². The summed E-state index contributed by atoms with van der Waals surface area (Å²) < 4.78 is 0. The number of anilines is 1. The van der Waals surface area contributed by atoms with Gasteiger partial charge in [-0.3, -0.25) is 0 Å². The summed E-state index contributed by atoms with van der Waals surface area (Å²) in [6.07, 6.45) is 2.48. The van der Waals surface area contributed by atoms with E-state index in [0.717, 1.165) is 22.5 Å². The van der Waals surface area contributed by atoms with Crippen molar-refractivity contribution < 1.29 is 0 Å². The number of aromatic nitrogens is 2. The molecule has 3 nitrogen and oxygen atoms in total. The Morgan fingerprint density at radius 2 is 1.88 bits per heavy atom. The molecule has 0 spiro atoms. The zero-order valence-electron chi connectivity index (χ0n) is 9.64. The van der Waals surface area contributed by atoms with Crippen molar-refractivity contribution in [1.29, 1.82) is 0 Å². The third kappa shape index (κ3) is 1.52. The topological polar surface area (TPSA) is 29.0 Å². The molecule has 0 bridgehead atoms. The first-order valence-electron chi connectivity index (χ1n) is 5.69. The summed E-state index contributed by atoms with van der Waals surface area (Å²) >= 11 is 0. The van der Waals surface area contributed by atoms with Gasteiger partial charge in [0.15, 0.2) is 0 Å². The normalized spacial score (nSPS) is 15.4. The Kier molecular flexibility index (Phi) is 2.06. The van der Waals surface area contributed by atoms with Crippen LogP contribution in [0.2, 0.25) is 0 Å². The van der Waals surface area contributed by atoms with Crippen molar-refractivity contribution in [3.63, 3.8) is 0 Å². The van der Waals surface area contributed by atoms with E-state index in [4.69, 9.17) is 0 Å². The highest BCUT2D eigenvalue weighted by atomic mass is 15.2. The zero-order valence-corrected chi connectivity index (χ0v) is 9.64. The Labute approximate surface area is 95.1 Å². The highest BCUT2D eigenvalue weighted by Crippen LogP contribution is 2.39. The Balaban J connectivity index is 2.26. The zero-order chi connectivity index (χ0) is 11.1. The molecule has 1 aromatic carbocycles. The molecule has 1 aliphatic carbocycles. The lowest BCUT2D eigenvalue weighted by atomic mass is 10.2. The Morgan fingerprint density at radius 3 is 2.56 bits per heavy atom. The molecular weight excluding hydrogens is 198 g/mol. The molecule has 2 aromatic rings. The Hall–Kier alpha value is -1.64. The highest BCUT2D eigenvalue weighted by molar-refractivity contribution is 5.89. The van der Waals surface area contributed by atoms with E-state index < -0.39 is 0 Å². The maximum atomic E-state index is 4.68. The summed E-state index contributed by atoms with van der Waals surface area (Å²) in [7, 11) is 4.07. The SMILES string of the molecule is CN(C)c1nc(C2CC2)nc2ccccc12. The average molecular weight is 213 g/mol. The maximum Gasteiger partial charge on any atom is 0.139 e. The number of fused-ring (bicyclic) bond motifs is 1. The fourth-order valence-corrected chi connectivity index (χ4v) is 1.94. The van der Waals surface area contributed by atoms with Crippen molar-refractivity contribution in [2.75, 3.05) is 19.0 Å². The van der Waals surface area contributed by atoms with E-state index in [-0.39, 0.29) is 0 Å². The minimum atomic E-state index is 0.600. The van der Waals surface area contributed by atoms with E-state index in [9.17, 15) is 0 Å². The number of para-hydroxylation sites is 1. The fourth-order valence-electron chi connectivity index (χ4n) is 1.94. The van der Waals surface area contributed by atoms with Crippen LogP contribution < -0.4 is 4.90 Å². The first kappa shape index (κ1) is 9.58. The number of benzene rings is 1. The molecule has 0 atom stereocenters. The molecule has 1 fully saturated rings. The highest BCUT2D eigenvalue weighted by Gasteiger charge is 2.27. The van der Waals surface area contributed by atoms with E-state index in [1.54, 1.807) is 0 Å². The largest absolute Gasteiger partial charge is 0.362 e. The van der Waals surface area contributed by atoms with Gasteiger partial charge in [-0.05, 0) is 25.0 Å². The molecule has 0 saturated heterocycles. The van der Waals surface area contributed by atoms with Gasteiger partial charge in [0, 0.05) is 25.4 Å². The molecule has 0 amide bonds. The van der Waals surface area contributed by atoms with Crippen LogP contribution in [0, 0.1) is 0 Å². The second kappa shape index (κ2) is 3.44. The van der Waals surface area contributed by atoms with Gasteiger partial charge >= 0.3 is 0 Å². The number of hydrogen-bond acceptors (Lipinski definition) is 3. The van der Waals surface area contributed by atoms with Crippen LogP contribution in [0.5, 0.6) is 0 Å². The van der Waals surface area contributed by atoms with Gasteiger partial charge in [0.25, 0.3) is 0 Å². The van der Waals surface area contributed by atoms with Crippen molar-refractivity contribution in [3.8, 4) is 0 Å². The molecule has 1 aromatic heterocycles. The summed E-state index contributed by atoms with van der Waals surface area (Å²) in [4.78, 5) is 11.4. The molecule has 0 aliphatic heterocycles. The Bertz CT molecular complexity index is 530. The molecule has 0 radical (unpaired) electrons. The van der Waals surface area contributed by atoms with Crippen molar-refractivity contribution in [2.24, 2.45) is 0 Å². The summed E-state index contributed by atoms with van der Waals surface area (Å²) in [5.74, 6) is 2.65. The second-order valence-electron chi connectivity index (χ2n) is 4.59. The summed E-state index contributed by atoms with van der Waals surface area (Å²) in [5.41, 5.74) is 1.06. The lowest BCUT2D eigenvalue weighted by molar-refractivity contribution is 0.927.